The van der Waals surface area contributed by atoms with E-state index in [1.165, 1.54) is 7.11 Å². The summed E-state index contributed by atoms with van der Waals surface area (Å²) in [5.74, 6) is -0.205. The van der Waals surface area contributed by atoms with E-state index in [9.17, 15) is 9.59 Å². The Kier molecular flexibility index (Phi) is 6.52. The quantitative estimate of drug-likeness (QED) is 0.761. The van der Waals surface area contributed by atoms with E-state index < -0.39 is 12.0 Å². The first-order valence-electron chi connectivity index (χ1n) is 6.74. The number of carboxylic acids is 1. The van der Waals surface area contributed by atoms with Crippen LogP contribution >= 0.6 is 0 Å². The summed E-state index contributed by atoms with van der Waals surface area (Å²) in [4.78, 5) is 23.0. The average molecular weight is 295 g/mol. The molecule has 0 saturated carbocycles. The van der Waals surface area contributed by atoms with Crippen LogP contribution in [0.3, 0.4) is 0 Å². The van der Waals surface area contributed by atoms with Crippen molar-refractivity contribution in [2.75, 3.05) is 14.2 Å². The Morgan fingerprint density at radius 1 is 1.29 bits per heavy atom. The van der Waals surface area contributed by atoms with E-state index >= 15 is 0 Å². The highest BCUT2D eigenvalue weighted by molar-refractivity contribution is 5.85. The number of nitrogens with one attached hydrogen (secondary N) is 1. The van der Waals surface area contributed by atoms with E-state index in [1.54, 1.807) is 25.3 Å². The van der Waals surface area contributed by atoms with Crippen molar-refractivity contribution in [3.05, 3.63) is 23.8 Å². The fourth-order valence-corrected chi connectivity index (χ4v) is 1.96. The van der Waals surface area contributed by atoms with Gasteiger partial charge in [0.05, 0.1) is 20.6 Å². The molecule has 1 amide bonds. The summed E-state index contributed by atoms with van der Waals surface area (Å²) in [6, 6.07) is 4.29. The van der Waals surface area contributed by atoms with Crippen LogP contribution in [0.4, 0.5) is 0 Å². The smallest absolute Gasteiger partial charge is 0.326 e. The SMILES string of the molecule is CCC[C@@H](NC(=O)Cc1ccc(OC)cc1OC)C(=O)O. The van der Waals surface area contributed by atoms with Gasteiger partial charge in [0.25, 0.3) is 0 Å². The van der Waals surface area contributed by atoms with E-state index in [0.717, 1.165) is 0 Å². The predicted molar refractivity (Wildman–Crippen MR) is 77.7 cm³/mol. The van der Waals surface area contributed by atoms with Crippen LogP contribution in [0.25, 0.3) is 0 Å². The van der Waals surface area contributed by atoms with E-state index in [0.29, 0.717) is 29.9 Å². The normalized spacial score (nSPS) is 11.6. The number of carboxylic acid groups (broad SMARTS) is 1. The summed E-state index contributed by atoms with van der Waals surface area (Å²) in [5.41, 5.74) is 0.677. The molecule has 116 valence electrons. The van der Waals surface area contributed by atoms with Gasteiger partial charge in [0, 0.05) is 11.6 Å². The molecule has 0 aliphatic rings. The lowest BCUT2D eigenvalue weighted by Crippen LogP contribution is -2.41. The predicted octanol–water partition coefficient (Wildman–Crippen LogP) is 1.62. The number of hydrogen-bond donors (Lipinski definition) is 2. The van der Waals surface area contributed by atoms with E-state index in [1.807, 2.05) is 6.92 Å². The van der Waals surface area contributed by atoms with Gasteiger partial charge >= 0.3 is 5.97 Å². The van der Waals surface area contributed by atoms with Gasteiger partial charge in [-0.1, -0.05) is 19.4 Å². The fourth-order valence-electron chi connectivity index (χ4n) is 1.96. The Morgan fingerprint density at radius 2 is 2.00 bits per heavy atom. The minimum absolute atomic E-state index is 0.0562. The monoisotopic (exact) mass is 295 g/mol. The number of benzene rings is 1. The lowest BCUT2D eigenvalue weighted by molar-refractivity contribution is -0.141. The Labute approximate surface area is 124 Å². The zero-order chi connectivity index (χ0) is 15.8. The van der Waals surface area contributed by atoms with Crippen LogP contribution in [0.2, 0.25) is 0 Å². The molecule has 0 unspecified atom stereocenters. The number of ether oxygens (including phenoxy) is 2. The molecule has 0 heterocycles. The van der Waals surface area contributed by atoms with Crippen molar-refractivity contribution in [3.63, 3.8) is 0 Å². The topological polar surface area (TPSA) is 84.9 Å². The first-order chi connectivity index (χ1) is 10.0. The van der Waals surface area contributed by atoms with Crippen molar-refractivity contribution in [2.45, 2.75) is 32.2 Å². The van der Waals surface area contributed by atoms with E-state index in [-0.39, 0.29) is 12.3 Å². The number of hydrogen-bond acceptors (Lipinski definition) is 4. The number of methoxy groups -OCH3 is 2. The lowest BCUT2D eigenvalue weighted by atomic mass is 10.1. The van der Waals surface area contributed by atoms with Crippen molar-refractivity contribution in [3.8, 4) is 11.5 Å². The molecule has 6 heteroatoms. The van der Waals surface area contributed by atoms with Crippen LogP contribution in [-0.2, 0) is 16.0 Å². The molecule has 1 aromatic carbocycles. The average Bonchev–Trinajstić information content (AvgIpc) is 2.47. The van der Waals surface area contributed by atoms with Gasteiger partial charge in [-0.15, -0.1) is 0 Å². The molecule has 0 aliphatic heterocycles. The molecule has 6 nitrogen and oxygen atoms in total. The summed E-state index contributed by atoms with van der Waals surface area (Å²) in [5, 5.41) is 11.6. The van der Waals surface area contributed by atoms with Crippen LogP contribution in [0, 0.1) is 0 Å². The Balaban J connectivity index is 2.76. The molecule has 0 radical (unpaired) electrons. The van der Waals surface area contributed by atoms with Gasteiger partial charge in [-0.2, -0.15) is 0 Å². The van der Waals surface area contributed by atoms with Gasteiger partial charge in [0.15, 0.2) is 0 Å². The van der Waals surface area contributed by atoms with Crippen molar-refractivity contribution in [1.82, 2.24) is 5.32 Å². The summed E-state index contributed by atoms with van der Waals surface area (Å²) in [7, 11) is 3.05. The van der Waals surface area contributed by atoms with Crippen molar-refractivity contribution < 1.29 is 24.2 Å². The minimum Gasteiger partial charge on any atom is -0.497 e. The van der Waals surface area contributed by atoms with E-state index in [4.69, 9.17) is 14.6 Å². The summed E-state index contributed by atoms with van der Waals surface area (Å²) in [6.07, 6.45) is 1.14. The van der Waals surface area contributed by atoms with Crippen LogP contribution in [0.1, 0.15) is 25.3 Å². The Hall–Kier alpha value is -2.24. The third-order valence-electron chi connectivity index (χ3n) is 3.06. The molecule has 2 N–H and O–H groups in total. The zero-order valence-corrected chi connectivity index (χ0v) is 12.5. The maximum Gasteiger partial charge on any atom is 0.326 e. The molecule has 0 aliphatic carbocycles. The molecule has 0 bridgehead atoms. The summed E-state index contributed by atoms with van der Waals surface area (Å²) >= 11 is 0. The third-order valence-corrected chi connectivity index (χ3v) is 3.06. The number of rotatable bonds is 8. The highest BCUT2D eigenvalue weighted by Crippen LogP contribution is 2.24. The molecular weight excluding hydrogens is 274 g/mol. The van der Waals surface area contributed by atoms with Crippen LogP contribution in [0.5, 0.6) is 11.5 Å². The van der Waals surface area contributed by atoms with Crippen molar-refractivity contribution >= 4 is 11.9 Å². The maximum absolute atomic E-state index is 12.0. The largest absolute Gasteiger partial charge is 0.497 e. The third kappa shape index (κ3) is 4.98. The lowest BCUT2D eigenvalue weighted by Gasteiger charge is -2.15. The molecule has 0 aromatic heterocycles. The number of carbonyl (C=O) groups is 2. The molecule has 1 rings (SSSR count). The zero-order valence-electron chi connectivity index (χ0n) is 12.5. The summed E-state index contributed by atoms with van der Waals surface area (Å²) in [6.45, 7) is 1.87. The second-order valence-electron chi connectivity index (χ2n) is 4.60. The van der Waals surface area contributed by atoms with E-state index in [2.05, 4.69) is 5.32 Å². The molecule has 0 saturated heterocycles. The maximum atomic E-state index is 12.0. The van der Waals surface area contributed by atoms with Crippen LogP contribution in [0.15, 0.2) is 18.2 Å². The Morgan fingerprint density at radius 3 is 2.52 bits per heavy atom. The Bertz CT molecular complexity index is 501. The van der Waals surface area contributed by atoms with Crippen LogP contribution in [-0.4, -0.2) is 37.2 Å². The number of amides is 1. The second-order valence-corrected chi connectivity index (χ2v) is 4.60. The van der Waals surface area contributed by atoms with Gasteiger partial charge in [-0.05, 0) is 12.5 Å². The van der Waals surface area contributed by atoms with Gasteiger partial charge in [-0.25, -0.2) is 4.79 Å². The standard InChI is InChI=1S/C15H21NO5/c1-4-5-12(15(18)19)16-14(17)8-10-6-7-11(20-2)9-13(10)21-3/h6-7,9,12H,4-5,8H2,1-3H3,(H,16,17)(H,18,19)/t12-/m1/s1. The highest BCUT2D eigenvalue weighted by Gasteiger charge is 2.19. The molecule has 21 heavy (non-hydrogen) atoms. The first-order valence-corrected chi connectivity index (χ1v) is 6.74. The van der Waals surface area contributed by atoms with Crippen molar-refractivity contribution in [1.29, 1.82) is 0 Å². The first kappa shape index (κ1) is 16.8. The fraction of sp³-hybridized carbons (Fsp3) is 0.467. The number of carbonyl (C=O) groups excluding carboxylic acids is 1. The van der Waals surface area contributed by atoms with Crippen LogP contribution < -0.4 is 14.8 Å². The molecule has 0 fully saturated rings. The molecule has 1 atom stereocenters. The van der Waals surface area contributed by atoms with Gasteiger partial charge in [0.2, 0.25) is 5.91 Å². The van der Waals surface area contributed by atoms with Gasteiger partial charge in [0.1, 0.15) is 17.5 Å². The summed E-state index contributed by atoms with van der Waals surface area (Å²) < 4.78 is 10.3. The highest BCUT2D eigenvalue weighted by atomic mass is 16.5. The van der Waals surface area contributed by atoms with Crippen molar-refractivity contribution in [2.24, 2.45) is 0 Å². The second kappa shape index (κ2) is 8.14. The minimum atomic E-state index is -1.02. The molecule has 1 aromatic rings. The molecular formula is C15H21NO5. The van der Waals surface area contributed by atoms with Gasteiger partial charge in [-0.3, -0.25) is 4.79 Å². The molecule has 0 spiro atoms. The number of aliphatic carboxylic acids is 1. The van der Waals surface area contributed by atoms with Gasteiger partial charge < -0.3 is 19.9 Å².